The van der Waals surface area contributed by atoms with Crippen molar-refractivity contribution in [3.05, 3.63) is 34.6 Å². The van der Waals surface area contributed by atoms with Crippen molar-refractivity contribution < 1.29 is 17.6 Å². The van der Waals surface area contributed by atoms with Gasteiger partial charge in [-0.2, -0.15) is 13.2 Å². The number of benzene rings is 1. The molecule has 0 aliphatic heterocycles. The van der Waals surface area contributed by atoms with Crippen LogP contribution in [0.4, 0.5) is 17.6 Å². The van der Waals surface area contributed by atoms with Crippen LogP contribution in [-0.2, 0) is 6.54 Å². The van der Waals surface area contributed by atoms with Crippen LogP contribution in [0.1, 0.15) is 5.56 Å². The lowest BCUT2D eigenvalue weighted by Crippen LogP contribution is -2.28. The third-order valence-corrected chi connectivity index (χ3v) is 2.04. The summed E-state index contributed by atoms with van der Waals surface area (Å²) in [7, 11) is 0. The van der Waals surface area contributed by atoms with Gasteiger partial charge in [-0.15, -0.1) is 0 Å². The molecule has 1 aromatic rings. The molecule has 0 aliphatic rings. The molecule has 1 nitrogen and oxygen atoms in total. The maximum atomic E-state index is 13.1. The molecular formula is C9H8ClF4N. The Morgan fingerprint density at radius 3 is 2.47 bits per heavy atom. The first-order chi connectivity index (χ1) is 6.90. The van der Waals surface area contributed by atoms with Gasteiger partial charge in [0.15, 0.2) is 0 Å². The Labute approximate surface area is 89.0 Å². The van der Waals surface area contributed by atoms with Gasteiger partial charge >= 0.3 is 6.18 Å². The van der Waals surface area contributed by atoms with Crippen LogP contribution in [0.2, 0.25) is 5.02 Å². The molecule has 0 fully saturated rings. The molecule has 0 atom stereocenters. The van der Waals surface area contributed by atoms with Gasteiger partial charge in [-0.1, -0.05) is 17.7 Å². The summed E-state index contributed by atoms with van der Waals surface area (Å²) in [6.07, 6.45) is -4.31. The number of hydrogen-bond acceptors (Lipinski definition) is 1. The lowest BCUT2D eigenvalue weighted by Gasteiger charge is -2.09. The summed E-state index contributed by atoms with van der Waals surface area (Å²) in [4.78, 5) is 0. The fourth-order valence-corrected chi connectivity index (χ4v) is 1.26. The van der Waals surface area contributed by atoms with Crippen molar-refractivity contribution in [2.24, 2.45) is 0 Å². The van der Waals surface area contributed by atoms with Gasteiger partial charge in [0, 0.05) is 17.1 Å². The second-order valence-corrected chi connectivity index (χ2v) is 3.33. The molecule has 1 aromatic carbocycles. The van der Waals surface area contributed by atoms with E-state index in [-0.39, 0.29) is 17.1 Å². The minimum Gasteiger partial charge on any atom is -0.304 e. The van der Waals surface area contributed by atoms with Crippen LogP contribution >= 0.6 is 11.6 Å². The zero-order valence-corrected chi connectivity index (χ0v) is 8.29. The van der Waals surface area contributed by atoms with Crippen LogP contribution in [-0.4, -0.2) is 12.7 Å². The summed E-state index contributed by atoms with van der Waals surface area (Å²) < 4.78 is 48.4. The first kappa shape index (κ1) is 12.3. The second-order valence-electron chi connectivity index (χ2n) is 2.92. The molecule has 0 amide bonds. The number of hydrogen-bond donors (Lipinski definition) is 1. The highest BCUT2D eigenvalue weighted by Crippen LogP contribution is 2.19. The summed E-state index contributed by atoms with van der Waals surface area (Å²) in [6.45, 7) is -1.41. The van der Waals surface area contributed by atoms with Gasteiger partial charge in [0.05, 0.1) is 6.54 Å². The van der Waals surface area contributed by atoms with Gasteiger partial charge in [0.1, 0.15) is 5.82 Å². The van der Waals surface area contributed by atoms with E-state index in [1.165, 1.54) is 12.1 Å². The highest BCUT2D eigenvalue weighted by atomic mass is 35.5. The molecule has 1 N–H and O–H groups in total. The standard InChI is InChI=1S/C9H8ClF4N/c10-7-2-1-3-8(11)6(7)4-15-5-9(12,13)14/h1-3,15H,4-5H2. The fourth-order valence-electron chi connectivity index (χ4n) is 1.03. The van der Waals surface area contributed by atoms with E-state index in [1.807, 2.05) is 0 Å². The molecule has 0 spiro atoms. The van der Waals surface area contributed by atoms with Gasteiger partial charge in [0.25, 0.3) is 0 Å². The van der Waals surface area contributed by atoms with Crippen molar-refractivity contribution in [2.45, 2.75) is 12.7 Å². The molecule has 15 heavy (non-hydrogen) atoms. The van der Waals surface area contributed by atoms with Crippen LogP contribution in [0.3, 0.4) is 0 Å². The van der Waals surface area contributed by atoms with E-state index in [9.17, 15) is 17.6 Å². The smallest absolute Gasteiger partial charge is 0.304 e. The molecule has 1 rings (SSSR count). The topological polar surface area (TPSA) is 12.0 Å². The van der Waals surface area contributed by atoms with E-state index >= 15 is 0 Å². The predicted octanol–water partition coefficient (Wildman–Crippen LogP) is 3.13. The molecule has 0 bridgehead atoms. The summed E-state index contributed by atoms with van der Waals surface area (Å²) >= 11 is 5.62. The summed E-state index contributed by atoms with van der Waals surface area (Å²) in [5, 5.41) is 2.19. The van der Waals surface area contributed by atoms with E-state index in [0.29, 0.717) is 0 Å². The summed E-state index contributed by atoms with van der Waals surface area (Å²) in [6, 6.07) is 3.97. The molecule has 0 radical (unpaired) electrons. The van der Waals surface area contributed by atoms with E-state index in [2.05, 4.69) is 5.32 Å². The first-order valence-corrected chi connectivity index (χ1v) is 4.48. The lowest BCUT2D eigenvalue weighted by atomic mass is 10.2. The van der Waals surface area contributed by atoms with Gasteiger partial charge in [-0.25, -0.2) is 4.39 Å². The predicted molar refractivity (Wildman–Crippen MR) is 49.2 cm³/mol. The molecule has 84 valence electrons. The highest BCUT2D eigenvalue weighted by molar-refractivity contribution is 6.31. The largest absolute Gasteiger partial charge is 0.401 e. The third-order valence-electron chi connectivity index (χ3n) is 1.69. The van der Waals surface area contributed by atoms with Crippen molar-refractivity contribution in [2.75, 3.05) is 6.54 Å². The normalized spacial score (nSPS) is 11.8. The number of alkyl halides is 3. The van der Waals surface area contributed by atoms with Crippen molar-refractivity contribution in [3.63, 3.8) is 0 Å². The van der Waals surface area contributed by atoms with E-state index in [4.69, 9.17) is 11.6 Å². The van der Waals surface area contributed by atoms with Gasteiger partial charge in [-0.3, -0.25) is 0 Å². The third kappa shape index (κ3) is 4.05. The molecular weight excluding hydrogens is 234 g/mol. The minimum absolute atomic E-state index is 0.0448. The number of nitrogens with one attached hydrogen (secondary N) is 1. The second kappa shape index (κ2) is 4.81. The molecule has 0 saturated carbocycles. The van der Waals surface area contributed by atoms with Crippen molar-refractivity contribution in [1.29, 1.82) is 0 Å². The van der Waals surface area contributed by atoms with Gasteiger partial charge < -0.3 is 5.32 Å². The fraction of sp³-hybridized carbons (Fsp3) is 0.333. The Morgan fingerprint density at radius 2 is 1.93 bits per heavy atom. The van der Waals surface area contributed by atoms with Crippen molar-refractivity contribution in [1.82, 2.24) is 5.32 Å². The van der Waals surface area contributed by atoms with Gasteiger partial charge in [-0.05, 0) is 12.1 Å². The average molecular weight is 242 g/mol. The molecule has 0 unspecified atom stereocenters. The first-order valence-electron chi connectivity index (χ1n) is 4.10. The van der Waals surface area contributed by atoms with Crippen LogP contribution < -0.4 is 5.32 Å². The van der Waals surface area contributed by atoms with Crippen LogP contribution in [0.5, 0.6) is 0 Å². The van der Waals surface area contributed by atoms with Crippen LogP contribution in [0.25, 0.3) is 0 Å². The summed E-state index contributed by atoms with van der Waals surface area (Å²) in [5.41, 5.74) is 0.0448. The zero-order chi connectivity index (χ0) is 11.5. The van der Waals surface area contributed by atoms with Crippen LogP contribution in [0, 0.1) is 5.82 Å². The summed E-state index contributed by atoms with van der Waals surface area (Å²) in [5.74, 6) is -0.614. The van der Waals surface area contributed by atoms with E-state index in [0.717, 1.165) is 6.07 Å². The Hall–Kier alpha value is -0.810. The Bertz CT molecular complexity index is 317. The molecule has 0 aliphatic carbocycles. The monoisotopic (exact) mass is 241 g/mol. The Morgan fingerprint density at radius 1 is 1.27 bits per heavy atom. The van der Waals surface area contributed by atoms with E-state index in [1.54, 1.807) is 0 Å². The van der Waals surface area contributed by atoms with E-state index < -0.39 is 18.5 Å². The number of halogens is 5. The maximum Gasteiger partial charge on any atom is 0.401 e. The van der Waals surface area contributed by atoms with Gasteiger partial charge in [0.2, 0.25) is 0 Å². The minimum atomic E-state index is -4.31. The molecule has 6 heteroatoms. The number of rotatable bonds is 3. The SMILES string of the molecule is Fc1cccc(Cl)c1CNCC(F)(F)F. The molecule has 0 saturated heterocycles. The maximum absolute atomic E-state index is 13.1. The average Bonchev–Trinajstić information content (AvgIpc) is 2.08. The molecule has 0 aromatic heterocycles. The Kier molecular flexibility index (Phi) is 3.93. The molecule has 0 heterocycles. The van der Waals surface area contributed by atoms with Crippen molar-refractivity contribution >= 4 is 11.6 Å². The quantitative estimate of drug-likeness (QED) is 0.802. The van der Waals surface area contributed by atoms with Crippen LogP contribution in [0.15, 0.2) is 18.2 Å². The zero-order valence-electron chi connectivity index (χ0n) is 7.54. The lowest BCUT2D eigenvalue weighted by molar-refractivity contribution is -0.125. The van der Waals surface area contributed by atoms with Crippen molar-refractivity contribution in [3.8, 4) is 0 Å². The Balaban J connectivity index is 2.58. The highest BCUT2D eigenvalue weighted by Gasteiger charge is 2.26.